The van der Waals surface area contributed by atoms with E-state index >= 15 is 0 Å². The van der Waals surface area contributed by atoms with E-state index in [1.165, 1.54) is 26.4 Å². The van der Waals surface area contributed by atoms with Crippen LogP contribution in [0.4, 0.5) is 0 Å². The highest BCUT2D eigenvalue weighted by Crippen LogP contribution is 2.26. The maximum absolute atomic E-state index is 11.3. The fourth-order valence-corrected chi connectivity index (χ4v) is 3.34. The summed E-state index contributed by atoms with van der Waals surface area (Å²) in [6.45, 7) is 3.46. The molecular weight excluding hydrogens is 266 g/mol. The standard InChI is InChI=1S/C16H27N3O2/c1-21-16(20)6-5-14-9-15(12-19(11-14)8-7-17)18-10-13-3-2-4-13/h13-15,18H,2-6,8-12H2,1H3. The predicted molar refractivity (Wildman–Crippen MR) is 80.5 cm³/mol. The van der Waals surface area contributed by atoms with Crippen LogP contribution < -0.4 is 5.32 Å². The second-order valence-electron chi connectivity index (χ2n) is 6.47. The summed E-state index contributed by atoms with van der Waals surface area (Å²) >= 11 is 0. The maximum Gasteiger partial charge on any atom is 0.305 e. The number of likely N-dealkylation sites (tertiary alicyclic amines) is 1. The van der Waals surface area contributed by atoms with Crippen molar-refractivity contribution in [2.75, 3.05) is 33.3 Å². The summed E-state index contributed by atoms with van der Waals surface area (Å²) < 4.78 is 4.72. The molecule has 5 heteroatoms. The molecule has 1 saturated heterocycles. The van der Waals surface area contributed by atoms with Gasteiger partial charge in [0, 0.05) is 25.6 Å². The van der Waals surface area contributed by atoms with E-state index in [-0.39, 0.29) is 5.97 Å². The van der Waals surface area contributed by atoms with Crippen molar-refractivity contribution in [3.8, 4) is 6.07 Å². The molecular formula is C16H27N3O2. The minimum absolute atomic E-state index is 0.133. The Kier molecular flexibility index (Phi) is 6.47. The molecule has 5 nitrogen and oxygen atoms in total. The Morgan fingerprint density at radius 2 is 2.19 bits per heavy atom. The van der Waals surface area contributed by atoms with Gasteiger partial charge in [0.05, 0.1) is 19.7 Å². The first-order valence-corrected chi connectivity index (χ1v) is 8.10. The number of carbonyl (C=O) groups excluding carboxylic acids is 1. The molecule has 0 spiro atoms. The lowest BCUT2D eigenvalue weighted by Crippen LogP contribution is -2.50. The average Bonchev–Trinajstić information content (AvgIpc) is 2.43. The summed E-state index contributed by atoms with van der Waals surface area (Å²) in [6.07, 6.45) is 6.53. The van der Waals surface area contributed by atoms with Crippen molar-refractivity contribution in [2.45, 2.75) is 44.6 Å². The van der Waals surface area contributed by atoms with Gasteiger partial charge in [0.25, 0.3) is 0 Å². The van der Waals surface area contributed by atoms with E-state index in [4.69, 9.17) is 10.00 Å². The summed E-state index contributed by atoms with van der Waals surface area (Å²) in [5.74, 6) is 1.20. The second kappa shape index (κ2) is 8.35. The summed E-state index contributed by atoms with van der Waals surface area (Å²) in [6, 6.07) is 2.70. The summed E-state index contributed by atoms with van der Waals surface area (Å²) in [5.41, 5.74) is 0. The quantitative estimate of drug-likeness (QED) is 0.570. The summed E-state index contributed by atoms with van der Waals surface area (Å²) in [4.78, 5) is 13.5. The number of nitriles is 1. The highest BCUT2D eigenvalue weighted by atomic mass is 16.5. The van der Waals surface area contributed by atoms with E-state index in [1.807, 2.05) is 0 Å². The third kappa shape index (κ3) is 5.29. The molecule has 21 heavy (non-hydrogen) atoms. The highest BCUT2D eigenvalue weighted by Gasteiger charge is 2.28. The molecule has 0 radical (unpaired) electrons. The van der Waals surface area contributed by atoms with Gasteiger partial charge in [-0.25, -0.2) is 0 Å². The Labute approximate surface area is 127 Å². The van der Waals surface area contributed by atoms with Gasteiger partial charge in [-0.3, -0.25) is 9.69 Å². The zero-order valence-electron chi connectivity index (χ0n) is 13.0. The summed E-state index contributed by atoms with van der Waals surface area (Å²) in [5, 5.41) is 12.6. The van der Waals surface area contributed by atoms with E-state index in [2.05, 4.69) is 16.3 Å². The predicted octanol–water partition coefficient (Wildman–Crippen LogP) is 1.54. The molecule has 2 atom stereocenters. The van der Waals surface area contributed by atoms with Crippen molar-refractivity contribution in [3.63, 3.8) is 0 Å². The van der Waals surface area contributed by atoms with Crippen LogP contribution in [0.5, 0.6) is 0 Å². The molecule has 0 amide bonds. The molecule has 2 fully saturated rings. The van der Waals surface area contributed by atoms with Crippen molar-refractivity contribution in [1.82, 2.24) is 10.2 Å². The van der Waals surface area contributed by atoms with Crippen molar-refractivity contribution in [2.24, 2.45) is 11.8 Å². The molecule has 2 unspecified atom stereocenters. The second-order valence-corrected chi connectivity index (χ2v) is 6.47. The molecule has 1 heterocycles. The van der Waals surface area contributed by atoms with E-state index in [9.17, 15) is 4.79 Å². The number of piperidine rings is 1. The zero-order valence-corrected chi connectivity index (χ0v) is 13.0. The molecule has 2 rings (SSSR count). The Morgan fingerprint density at radius 1 is 1.38 bits per heavy atom. The van der Waals surface area contributed by atoms with Crippen LogP contribution in [0.3, 0.4) is 0 Å². The smallest absolute Gasteiger partial charge is 0.305 e. The fraction of sp³-hybridized carbons (Fsp3) is 0.875. The van der Waals surface area contributed by atoms with Crippen molar-refractivity contribution < 1.29 is 9.53 Å². The van der Waals surface area contributed by atoms with Gasteiger partial charge in [-0.05, 0) is 44.1 Å². The zero-order chi connectivity index (χ0) is 15.1. The Hall–Kier alpha value is -1.12. The third-order valence-electron chi connectivity index (χ3n) is 4.81. The van der Waals surface area contributed by atoms with E-state index < -0.39 is 0 Å². The first-order chi connectivity index (χ1) is 10.2. The van der Waals surface area contributed by atoms with Crippen molar-refractivity contribution in [1.29, 1.82) is 5.26 Å². The number of ether oxygens (including phenoxy) is 1. The average molecular weight is 293 g/mol. The summed E-state index contributed by atoms with van der Waals surface area (Å²) in [7, 11) is 1.44. The van der Waals surface area contributed by atoms with E-state index in [0.717, 1.165) is 38.4 Å². The largest absolute Gasteiger partial charge is 0.469 e. The van der Waals surface area contributed by atoms with Crippen LogP contribution in [0.25, 0.3) is 0 Å². The van der Waals surface area contributed by atoms with Crippen LogP contribution >= 0.6 is 0 Å². The number of nitrogens with one attached hydrogen (secondary N) is 1. The van der Waals surface area contributed by atoms with E-state index in [0.29, 0.717) is 24.9 Å². The maximum atomic E-state index is 11.3. The van der Waals surface area contributed by atoms with Gasteiger partial charge in [0.2, 0.25) is 0 Å². The van der Waals surface area contributed by atoms with Gasteiger partial charge in [-0.15, -0.1) is 0 Å². The normalized spacial score (nSPS) is 26.9. The first-order valence-electron chi connectivity index (χ1n) is 8.10. The van der Waals surface area contributed by atoms with Gasteiger partial charge in [0.15, 0.2) is 0 Å². The third-order valence-corrected chi connectivity index (χ3v) is 4.81. The lowest BCUT2D eigenvalue weighted by Gasteiger charge is -2.38. The van der Waals surface area contributed by atoms with Gasteiger partial charge < -0.3 is 10.1 Å². The number of methoxy groups -OCH3 is 1. The van der Waals surface area contributed by atoms with Gasteiger partial charge in [0.1, 0.15) is 0 Å². The molecule has 2 aliphatic rings. The van der Waals surface area contributed by atoms with Gasteiger partial charge in [-0.1, -0.05) is 6.42 Å². The van der Waals surface area contributed by atoms with Gasteiger partial charge in [-0.2, -0.15) is 5.26 Å². The lowest BCUT2D eigenvalue weighted by molar-refractivity contribution is -0.141. The van der Waals surface area contributed by atoms with Crippen molar-refractivity contribution >= 4 is 5.97 Å². The number of esters is 1. The fourth-order valence-electron chi connectivity index (χ4n) is 3.34. The Balaban J connectivity index is 1.78. The van der Waals surface area contributed by atoms with Crippen LogP contribution in [-0.2, 0) is 9.53 Å². The Bertz CT molecular complexity index is 376. The number of hydrogen-bond acceptors (Lipinski definition) is 5. The molecule has 0 aromatic carbocycles. The molecule has 1 saturated carbocycles. The first kappa shape index (κ1) is 16.3. The van der Waals surface area contributed by atoms with Gasteiger partial charge >= 0.3 is 5.97 Å². The van der Waals surface area contributed by atoms with Crippen LogP contribution in [0.2, 0.25) is 0 Å². The minimum atomic E-state index is -0.133. The lowest BCUT2D eigenvalue weighted by atomic mass is 9.84. The van der Waals surface area contributed by atoms with E-state index in [1.54, 1.807) is 0 Å². The molecule has 0 bridgehead atoms. The molecule has 1 aliphatic heterocycles. The van der Waals surface area contributed by atoms with Crippen LogP contribution in [0.1, 0.15) is 38.5 Å². The molecule has 0 aromatic rings. The highest BCUT2D eigenvalue weighted by molar-refractivity contribution is 5.69. The van der Waals surface area contributed by atoms with Crippen molar-refractivity contribution in [3.05, 3.63) is 0 Å². The number of rotatable bonds is 7. The van der Waals surface area contributed by atoms with Crippen LogP contribution in [0.15, 0.2) is 0 Å². The monoisotopic (exact) mass is 293 g/mol. The molecule has 0 aromatic heterocycles. The number of hydrogen-bond donors (Lipinski definition) is 1. The van der Waals surface area contributed by atoms with Crippen LogP contribution in [-0.4, -0.2) is 50.2 Å². The SMILES string of the molecule is COC(=O)CCC1CC(NCC2CCC2)CN(CC#N)C1. The van der Waals surface area contributed by atoms with Crippen LogP contribution in [0, 0.1) is 23.2 Å². The number of carbonyl (C=O) groups is 1. The topological polar surface area (TPSA) is 65.4 Å². The minimum Gasteiger partial charge on any atom is -0.469 e. The Morgan fingerprint density at radius 3 is 2.81 bits per heavy atom. The molecule has 1 aliphatic carbocycles. The number of nitrogens with zero attached hydrogens (tertiary/aromatic N) is 2. The molecule has 1 N–H and O–H groups in total. The molecule has 118 valence electrons.